The molecule has 0 amide bonds. The van der Waals surface area contributed by atoms with Gasteiger partial charge in [0, 0.05) is 37.3 Å². The first-order valence-corrected chi connectivity index (χ1v) is 8.29. The zero-order chi connectivity index (χ0) is 17.7. The highest BCUT2D eigenvalue weighted by Crippen LogP contribution is 2.24. The number of nitrogens with zero attached hydrogens (tertiary/aromatic N) is 2. The Morgan fingerprint density at radius 1 is 0.750 bits per heavy atom. The van der Waals surface area contributed by atoms with Gasteiger partial charge < -0.3 is 15.1 Å². The predicted octanol–water partition coefficient (Wildman–Crippen LogP) is 3.28. The van der Waals surface area contributed by atoms with Crippen LogP contribution in [0.3, 0.4) is 0 Å². The molecule has 130 valence electrons. The van der Waals surface area contributed by atoms with Crippen molar-refractivity contribution in [2.24, 2.45) is 0 Å². The quantitative estimate of drug-likeness (QED) is 0.819. The van der Waals surface area contributed by atoms with Gasteiger partial charge in [-0.2, -0.15) is 0 Å². The van der Waals surface area contributed by atoms with Crippen LogP contribution in [0.2, 0.25) is 0 Å². The predicted molar refractivity (Wildman–Crippen MR) is 98.4 cm³/mol. The third-order valence-electron chi connectivity index (χ3n) is 4.12. The minimum absolute atomic E-state index is 0.323. The number of phenols is 2. The third-order valence-corrected chi connectivity index (χ3v) is 4.12. The minimum Gasteiger partial charge on any atom is -0.508 e. The zero-order valence-corrected chi connectivity index (χ0v) is 15.1. The molecule has 0 fully saturated rings. The van der Waals surface area contributed by atoms with Gasteiger partial charge in [0.25, 0.3) is 0 Å². The number of likely N-dealkylation sites (N-methyl/N-ethyl adjacent to an activating group) is 1. The lowest BCUT2D eigenvalue weighted by atomic mass is 10.1. The van der Waals surface area contributed by atoms with E-state index < -0.39 is 0 Å². The Labute approximate surface area is 145 Å². The highest BCUT2D eigenvalue weighted by molar-refractivity contribution is 5.37. The number of hydrogen-bond donors (Lipinski definition) is 2. The number of phenolic OH excluding ortho intramolecular Hbond substituents is 2. The molecule has 2 aromatic rings. The average molecular weight is 328 g/mol. The Balaban J connectivity index is 2.20. The Bertz CT molecular complexity index is 630. The van der Waals surface area contributed by atoms with E-state index >= 15 is 0 Å². The largest absolute Gasteiger partial charge is 0.508 e. The molecular weight excluding hydrogens is 300 g/mol. The van der Waals surface area contributed by atoms with Crippen LogP contribution >= 0.6 is 0 Å². The van der Waals surface area contributed by atoms with Gasteiger partial charge in [-0.05, 0) is 40.1 Å². The van der Waals surface area contributed by atoms with Crippen molar-refractivity contribution >= 4 is 0 Å². The summed E-state index contributed by atoms with van der Waals surface area (Å²) in [6.07, 6.45) is 0. The maximum Gasteiger partial charge on any atom is 0.120 e. The van der Waals surface area contributed by atoms with Crippen molar-refractivity contribution in [2.75, 3.05) is 27.2 Å². The number of benzene rings is 2. The molecule has 0 saturated carbocycles. The summed E-state index contributed by atoms with van der Waals surface area (Å²) in [4.78, 5) is 4.39. The molecule has 0 radical (unpaired) electrons. The maximum absolute atomic E-state index is 10.1. The summed E-state index contributed by atoms with van der Waals surface area (Å²) in [5.41, 5.74) is 4.10. The van der Waals surface area contributed by atoms with Gasteiger partial charge in [0.1, 0.15) is 11.5 Å². The smallest absolute Gasteiger partial charge is 0.120 e. The van der Waals surface area contributed by atoms with E-state index in [9.17, 15) is 10.2 Å². The van der Waals surface area contributed by atoms with Crippen LogP contribution in [0.1, 0.15) is 22.3 Å². The molecule has 2 aromatic carbocycles. The molecule has 0 aliphatic rings. The number of aryl methyl sites for hydroxylation is 2. The fourth-order valence-electron chi connectivity index (χ4n) is 2.72. The lowest BCUT2D eigenvalue weighted by Crippen LogP contribution is -2.31. The molecule has 4 heteroatoms. The fourth-order valence-corrected chi connectivity index (χ4v) is 2.72. The molecule has 0 aliphatic carbocycles. The van der Waals surface area contributed by atoms with Crippen molar-refractivity contribution in [3.63, 3.8) is 0 Å². The average Bonchev–Trinajstić information content (AvgIpc) is 2.52. The van der Waals surface area contributed by atoms with Gasteiger partial charge in [-0.25, -0.2) is 0 Å². The standard InChI is InChI=1S/C20H28N2O2/c1-15-5-7-19(23)17(11-15)13-22(10-9-21(3)4)14-18-12-16(2)6-8-20(18)24/h5-8,11-12,23-24H,9-10,13-14H2,1-4H3. The molecule has 0 heterocycles. The van der Waals surface area contributed by atoms with Crippen LogP contribution in [0, 0.1) is 13.8 Å². The molecule has 0 spiro atoms. The van der Waals surface area contributed by atoms with Gasteiger partial charge in [0.05, 0.1) is 0 Å². The van der Waals surface area contributed by atoms with E-state index in [-0.39, 0.29) is 0 Å². The van der Waals surface area contributed by atoms with Crippen LogP contribution in [0.25, 0.3) is 0 Å². The van der Waals surface area contributed by atoms with Crippen molar-refractivity contribution in [1.82, 2.24) is 9.80 Å². The molecule has 0 aliphatic heterocycles. The van der Waals surface area contributed by atoms with Crippen LogP contribution < -0.4 is 0 Å². The molecule has 4 nitrogen and oxygen atoms in total. The van der Waals surface area contributed by atoms with Gasteiger partial charge in [-0.3, -0.25) is 4.90 Å². The van der Waals surface area contributed by atoms with Crippen molar-refractivity contribution in [1.29, 1.82) is 0 Å². The van der Waals surface area contributed by atoms with E-state index in [0.29, 0.717) is 24.6 Å². The van der Waals surface area contributed by atoms with Crippen molar-refractivity contribution in [3.05, 3.63) is 58.7 Å². The summed E-state index contributed by atoms with van der Waals surface area (Å²) in [6.45, 7) is 7.12. The van der Waals surface area contributed by atoms with Gasteiger partial charge in [0.15, 0.2) is 0 Å². The summed E-state index contributed by atoms with van der Waals surface area (Å²) in [5.74, 6) is 0.646. The second-order valence-corrected chi connectivity index (χ2v) is 6.78. The summed E-state index contributed by atoms with van der Waals surface area (Å²) < 4.78 is 0. The van der Waals surface area contributed by atoms with E-state index in [1.165, 1.54) is 0 Å². The second-order valence-electron chi connectivity index (χ2n) is 6.78. The highest BCUT2D eigenvalue weighted by Gasteiger charge is 2.13. The first-order chi connectivity index (χ1) is 11.3. The lowest BCUT2D eigenvalue weighted by molar-refractivity contribution is 0.221. The maximum atomic E-state index is 10.1. The zero-order valence-electron chi connectivity index (χ0n) is 15.1. The van der Waals surface area contributed by atoms with E-state index in [2.05, 4.69) is 9.80 Å². The molecule has 24 heavy (non-hydrogen) atoms. The van der Waals surface area contributed by atoms with E-state index in [4.69, 9.17) is 0 Å². The minimum atomic E-state index is 0.323. The Morgan fingerprint density at radius 3 is 1.62 bits per heavy atom. The third kappa shape index (κ3) is 5.25. The summed E-state index contributed by atoms with van der Waals surface area (Å²) in [7, 11) is 4.10. The van der Waals surface area contributed by atoms with E-state index in [0.717, 1.165) is 35.3 Å². The highest BCUT2D eigenvalue weighted by atomic mass is 16.3. The number of aromatic hydroxyl groups is 2. The molecule has 2 N–H and O–H groups in total. The Morgan fingerprint density at radius 2 is 1.21 bits per heavy atom. The lowest BCUT2D eigenvalue weighted by Gasteiger charge is -2.25. The van der Waals surface area contributed by atoms with E-state index in [1.807, 2.05) is 52.2 Å². The molecule has 0 aromatic heterocycles. The van der Waals surface area contributed by atoms with Crippen LogP contribution in [0.4, 0.5) is 0 Å². The van der Waals surface area contributed by atoms with Gasteiger partial charge in [-0.15, -0.1) is 0 Å². The van der Waals surface area contributed by atoms with Crippen molar-refractivity contribution in [3.8, 4) is 11.5 Å². The van der Waals surface area contributed by atoms with Gasteiger partial charge in [0.2, 0.25) is 0 Å². The topological polar surface area (TPSA) is 46.9 Å². The molecule has 0 unspecified atom stereocenters. The van der Waals surface area contributed by atoms with Crippen LogP contribution in [-0.2, 0) is 13.1 Å². The summed E-state index contributed by atoms with van der Waals surface area (Å²) >= 11 is 0. The first kappa shape index (κ1) is 18.3. The first-order valence-electron chi connectivity index (χ1n) is 8.29. The van der Waals surface area contributed by atoms with Crippen molar-refractivity contribution in [2.45, 2.75) is 26.9 Å². The van der Waals surface area contributed by atoms with Gasteiger partial charge >= 0.3 is 0 Å². The Kier molecular flexibility index (Phi) is 6.23. The van der Waals surface area contributed by atoms with E-state index in [1.54, 1.807) is 12.1 Å². The fraction of sp³-hybridized carbons (Fsp3) is 0.400. The van der Waals surface area contributed by atoms with Crippen LogP contribution in [0.5, 0.6) is 11.5 Å². The molecule has 0 atom stereocenters. The molecular formula is C20H28N2O2. The Hall–Kier alpha value is -2.04. The second kappa shape index (κ2) is 8.18. The monoisotopic (exact) mass is 328 g/mol. The summed E-state index contributed by atoms with van der Waals surface area (Å²) in [5, 5.41) is 20.3. The van der Waals surface area contributed by atoms with Gasteiger partial charge in [-0.1, -0.05) is 35.4 Å². The summed E-state index contributed by atoms with van der Waals surface area (Å²) in [6, 6.07) is 11.4. The normalized spacial score (nSPS) is 11.4. The number of rotatable bonds is 7. The molecule has 0 bridgehead atoms. The van der Waals surface area contributed by atoms with Crippen LogP contribution in [-0.4, -0.2) is 47.2 Å². The molecule has 0 saturated heterocycles. The molecule has 2 rings (SSSR count). The van der Waals surface area contributed by atoms with Crippen LogP contribution in [0.15, 0.2) is 36.4 Å². The van der Waals surface area contributed by atoms with Crippen molar-refractivity contribution < 1.29 is 10.2 Å². The SMILES string of the molecule is Cc1ccc(O)c(CN(CCN(C)C)Cc2cc(C)ccc2O)c1. The number of hydrogen-bond acceptors (Lipinski definition) is 4.